The monoisotopic (exact) mass is 620 g/mol. The molecule has 0 atom stereocenters. The third-order valence-electron chi connectivity index (χ3n) is 5.11. The van der Waals surface area contributed by atoms with Crippen molar-refractivity contribution in [2.45, 2.75) is 13.8 Å². The fourth-order valence-corrected chi connectivity index (χ4v) is 4.13. The molecule has 0 bridgehead atoms. The van der Waals surface area contributed by atoms with Gasteiger partial charge >= 0.3 is 11.8 Å². The van der Waals surface area contributed by atoms with E-state index in [4.69, 9.17) is 32.7 Å². The Morgan fingerprint density at radius 2 is 1.68 bits per heavy atom. The maximum absolute atomic E-state index is 12.3. The number of hydrogen-bond acceptors (Lipinski definition) is 6. The Hall–Kier alpha value is -3.60. The van der Waals surface area contributed by atoms with Crippen molar-refractivity contribution in [3.05, 3.63) is 79.7 Å². The molecule has 3 aromatic rings. The largest absolute Gasteiger partial charge is 0.493 e. The number of rotatable bonds is 8. The number of halogens is 3. The number of hydrogen-bond donors (Lipinski definition) is 3. The van der Waals surface area contributed by atoms with Crippen LogP contribution < -0.4 is 25.5 Å². The topological polar surface area (TPSA) is 118 Å². The molecule has 0 aliphatic rings. The molecule has 0 heterocycles. The van der Waals surface area contributed by atoms with E-state index in [1.807, 2.05) is 32.0 Å². The molecule has 9 nitrogen and oxygen atoms in total. The second kappa shape index (κ2) is 13.3. The van der Waals surface area contributed by atoms with Gasteiger partial charge in [-0.3, -0.25) is 14.4 Å². The molecule has 0 saturated heterocycles. The number of carbonyl (C=O) groups excluding carboxylic acids is 3. The Labute approximate surface area is 237 Å². The fraction of sp³-hybridized carbons (Fsp3) is 0.154. The maximum Gasteiger partial charge on any atom is 0.329 e. The van der Waals surface area contributed by atoms with Gasteiger partial charge in [-0.2, -0.15) is 5.10 Å². The van der Waals surface area contributed by atoms with Gasteiger partial charge in [0.1, 0.15) is 0 Å². The highest BCUT2D eigenvalue weighted by Gasteiger charge is 2.16. The number of carbonyl (C=O) groups is 3. The van der Waals surface area contributed by atoms with Crippen molar-refractivity contribution in [2.24, 2.45) is 5.10 Å². The molecule has 3 aromatic carbocycles. The number of aryl methyl sites for hydroxylation is 2. The van der Waals surface area contributed by atoms with Crippen LogP contribution in [0.5, 0.6) is 11.5 Å². The van der Waals surface area contributed by atoms with E-state index in [1.165, 1.54) is 19.4 Å². The second-order valence-corrected chi connectivity index (χ2v) is 9.59. The molecule has 198 valence electrons. The molecule has 0 spiro atoms. The number of ether oxygens (including phenoxy) is 2. The van der Waals surface area contributed by atoms with Crippen molar-refractivity contribution in [3.8, 4) is 11.5 Å². The van der Waals surface area contributed by atoms with E-state index >= 15 is 0 Å². The van der Waals surface area contributed by atoms with Gasteiger partial charge < -0.3 is 20.1 Å². The highest BCUT2D eigenvalue weighted by molar-refractivity contribution is 9.10. The first-order chi connectivity index (χ1) is 18.1. The zero-order valence-corrected chi connectivity index (χ0v) is 23.6. The van der Waals surface area contributed by atoms with Crippen molar-refractivity contribution < 1.29 is 23.9 Å². The van der Waals surface area contributed by atoms with Gasteiger partial charge in [-0.1, -0.05) is 41.4 Å². The number of benzene rings is 3. The van der Waals surface area contributed by atoms with E-state index in [9.17, 15) is 14.4 Å². The summed E-state index contributed by atoms with van der Waals surface area (Å²) in [6, 6.07) is 13.5. The zero-order valence-electron chi connectivity index (χ0n) is 20.5. The van der Waals surface area contributed by atoms with E-state index < -0.39 is 17.7 Å². The summed E-state index contributed by atoms with van der Waals surface area (Å²) in [7, 11) is 1.44. The van der Waals surface area contributed by atoms with E-state index in [1.54, 1.807) is 24.3 Å². The summed E-state index contributed by atoms with van der Waals surface area (Å²) in [5, 5.41) is 9.78. The van der Waals surface area contributed by atoms with Crippen LogP contribution in [0.2, 0.25) is 10.0 Å². The Morgan fingerprint density at radius 1 is 0.974 bits per heavy atom. The zero-order chi connectivity index (χ0) is 27.8. The third-order valence-corrected chi connectivity index (χ3v) is 6.44. The van der Waals surface area contributed by atoms with Crippen LogP contribution in [0, 0.1) is 13.8 Å². The van der Waals surface area contributed by atoms with Crippen LogP contribution in [0.3, 0.4) is 0 Å². The number of para-hydroxylation sites is 1. The molecule has 0 saturated carbocycles. The van der Waals surface area contributed by atoms with Gasteiger partial charge in [0.05, 0.1) is 27.8 Å². The van der Waals surface area contributed by atoms with Crippen LogP contribution >= 0.6 is 39.1 Å². The number of nitrogens with zero attached hydrogens (tertiary/aromatic N) is 1. The van der Waals surface area contributed by atoms with Gasteiger partial charge in [0, 0.05) is 11.4 Å². The number of anilines is 2. The van der Waals surface area contributed by atoms with Gasteiger partial charge in [0.25, 0.3) is 5.91 Å². The molecule has 0 aliphatic carbocycles. The summed E-state index contributed by atoms with van der Waals surface area (Å²) in [5.41, 5.74) is 5.43. The summed E-state index contributed by atoms with van der Waals surface area (Å²) >= 11 is 15.2. The van der Waals surface area contributed by atoms with Gasteiger partial charge in [0.15, 0.2) is 18.1 Å². The summed E-state index contributed by atoms with van der Waals surface area (Å²) < 4.78 is 11.5. The Morgan fingerprint density at radius 3 is 2.34 bits per heavy atom. The van der Waals surface area contributed by atoms with E-state index in [0.29, 0.717) is 37.2 Å². The molecule has 12 heteroatoms. The van der Waals surface area contributed by atoms with Crippen molar-refractivity contribution in [1.29, 1.82) is 0 Å². The highest BCUT2D eigenvalue weighted by atomic mass is 79.9. The van der Waals surface area contributed by atoms with Crippen molar-refractivity contribution >= 4 is 74.4 Å². The minimum atomic E-state index is -0.928. The van der Waals surface area contributed by atoms with Crippen LogP contribution in [0.15, 0.2) is 58.1 Å². The standard InChI is InChI=1S/C26H23BrCl2N4O5/c1-14-5-4-6-15(2)23(14)32-25(35)26(36)33-30-12-16-9-18(27)24(21(10-16)37-3)38-13-22(34)31-17-7-8-19(28)20(29)11-17/h4-12H,13H2,1-3H3,(H,31,34)(H,32,35)(H,33,36)/b30-12-. The quantitative estimate of drug-likeness (QED) is 0.175. The SMILES string of the molecule is COc1cc(/C=N\NC(=O)C(=O)Nc2c(C)cccc2C)cc(Br)c1OCC(=O)Nc1ccc(Cl)c(Cl)c1. The molecular weight excluding hydrogens is 599 g/mol. The minimum absolute atomic E-state index is 0.283. The predicted molar refractivity (Wildman–Crippen MR) is 152 cm³/mol. The van der Waals surface area contributed by atoms with Gasteiger partial charge in [-0.25, -0.2) is 5.43 Å². The van der Waals surface area contributed by atoms with Crippen LogP contribution in [0.25, 0.3) is 0 Å². The molecule has 38 heavy (non-hydrogen) atoms. The second-order valence-electron chi connectivity index (χ2n) is 7.92. The predicted octanol–water partition coefficient (Wildman–Crippen LogP) is 5.49. The highest BCUT2D eigenvalue weighted by Crippen LogP contribution is 2.36. The normalized spacial score (nSPS) is 10.7. The molecule has 0 aromatic heterocycles. The first kappa shape index (κ1) is 29.0. The number of nitrogens with one attached hydrogen (secondary N) is 3. The first-order valence-corrected chi connectivity index (χ1v) is 12.6. The number of hydrazone groups is 1. The molecule has 3 N–H and O–H groups in total. The van der Waals surface area contributed by atoms with Crippen molar-refractivity contribution in [3.63, 3.8) is 0 Å². The summed E-state index contributed by atoms with van der Waals surface area (Å²) in [4.78, 5) is 36.7. The van der Waals surface area contributed by atoms with Gasteiger partial charge in [-0.15, -0.1) is 0 Å². The smallest absolute Gasteiger partial charge is 0.329 e. The molecule has 0 radical (unpaired) electrons. The van der Waals surface area contributed by atoms with Crippen LogP contribution in [-0.4, -0.2) is 37.7 Å². The van der Waals surface area contributed by atoms with E-state index in [2.05, 4.69) is 37.1 Å². The lowest BCUT2D eigenvalue weighted by Crippen LogP contribution is -2.32. The van der Waals surface area contributed by atoms with Crippen molar-refractivity contribution in [1.82, 2.24) is 5.43 Å². The lowest BCUT2D eigenvalue weighted by atomic mass is 10.1. The third kappa shape index (κ3) is 7.70. The minimum Gasteiger partial charge on any atom is -0.493 e. The summed E-state index contributed by atoms with van der Waals surface area (Å²) in [6.07, 6.45) is 1.33. The molecule has 0 aliphatic heterocycles. The summed E-state index contributed by atoms with van der Waals surface area (Å²) in [5.74, 6) is -1.61. The average molecular weight is 622 g/mol. The van der Waals surface area contributed by atoms with Crippen LogP contribution in [0.4, 0.5) is 11.4 Å². The fourth-order valence-electron chi connectivity index (χ4n) is 3.26. The van der Waals surface area contributed by atoms with Gasteiger partial charge in [-0.05, 0) is 76.8 Å². The maximum atomic E-state index is 12.3. The summed E-state index contributed by atoms with van der Waals surface area (Å²) in [6.45, 7) is 3.35. The van der Waals surface area contributed by atoms with E-state index in [-0.39, 0.29) is 12.4 Å². The Balaban J connectivity index is 1.60. The average Bonchev–Trinajstić information content (AvgIpc) is 2.87. The lowest BCUT2D eigenvalue weighted by molar-refractivity contribution is -0.136. The molecule has 0 fully saturated rings. The van der Waals surface area contributed by atoms with Gasteiger partial charge in [0.2, 0.25) is 0 Å². The Bertz CT molecular complexity index is 1390. The Kier molecular flexibility index (Phi) is 10.1. The molecule has 0 unspecified atom stereocenters. The molecular formula is C26H23BrCl2N4O5. The van der Waals surface area contributed by atoms with E-state index in [0.717, 1.165) is 11.1 Å². The molecule has 3 amide bonds. The van der Waals surface area contributed by atoms with Crippen LogP contribution in [-0.2, 0) is 14.4 Å². The first-order valence-electron chi connectivity index (χ1n) is 11.0. The molecule has 3 rings (SSSR count). The number of amides is 3. The van der Waals surface area contributed by atoms with Crippen molar-refractivity contribution in [2.75, 3.05) is 24.4 Å². The lowest BCUT2D eigenvalue weighted by Gasteiger charge is -2.13. The number of methoxy groups -OCH3 is 1. The van der Waals surface area contributed by atoms with Crippen LogP contribution in [0.1, 0.15) is 16.7 Å².